The van der Waals surface area contributed by atoms with Gasteiger partial charge in [-0.25, -0.2) is 9.59 Å². The number of rotatable bonds is 6. The first-order chi connectivity index (χ1) is 12.7. The second-order valence-electron chi connectivity index (χ2n) is 5.86. The van der Waals surface area contributed by atoms with E-state index in [0.29, 0.717) is 11.3 Å². The number of carbonyl (C=O) groups excluding carboxylic acids is 2. The maximum atomic E-state index is 12.6. The van der Waals surface area contributed by atoms with Crippen molar-refractivity contribution < 1.29 is 32.6 Å². The molecule has 0 aromatic heterocycles. The number of benzene rings is 1. The fourth-order valence-corrected chi connectivity index (χ4v) is 2.98. The van der Waals surface area contributed by atoms with Gasteiger partial charge in [0.25, 0.3) is 0 Å². The van der Waals surface area contributed by atoms with Gasteiger partial charge < -0.3 is 24.0 Å². The summed E-state index contributed by atoms with van der Waals surface area (Å²) >= 11 is 0. The molecule has 7 nitrogen and oxygen atoms in total. The first kappa shape index (κ1) is 20.5. The van der Waals surface area contributed by atoms with Crippen molar-refractivity contribution in [3.05, 3.63) is 35.0 Å². The molecule has 0 radical (unpaired) electrons. The van der Waals surface area contributed by atoms with Gasteiger partial charge in [-0.1, -0.05) is 6.07 Å². The molecule has 2 rings (SSSR count). The van der Waals surface area contributed by atoms with E-state index in [0.717, 1.165) is 0 Å². The lowest BCUT2D eigenvalue weighted by molar-refractivity contribution is -0.137. The van der Waals surface area contributed by atoms with E-state index >= 15 is 0 Å². The molecule has 0 saturated heterocycles. The van der Waals surface area contributed by atoms with Crippen LogP contribution in [0.2, 0.25) is 0 Å². The number of esters is 1. The van der Waals surface area contributed by atoms with Crippen molar-refractivity contribution >= 4 is 12.0 Å². The number of urea groups is 1. The zero-order valence-corrected chi connectivity index (χ0v) is 15.8. The monoisotopic (exact) mass is 384 g/mol. The zero-order chi connectivity index (χ0) is 20.3. The van der Waals surface area contributed by atoms with Crippen LogP contribution in [0, 0.1) is 0 Å². The highest BCUT2D eigenvalue weighted by atomic mass is 19.3. The molecule has 1 aromatic carbocycles. The SMILES string of the molecule is CCOc1cc([C@@H]2C(C(=O)OC)=C(C)N(C)C(=O)N2C)ccc1OC(F)F. The molecular weight excluding hydrogens is 362 g/mol. The van der Waals surface area contributed by atoms with E-state index in [2.05, 4.69) is 4.74 Å². The Bertz CT molecular complexity index is 766. The van der Waals surface area contributed by atoms with Gasteiger partial charge in [0.05, 0.1) is 25.3 Å². The maximum absolute atomic E-state index is 12.6. The number of likely N-dealkylation sites (N-methyl/N-ethyl adjacent to an activating group) is 1. The Morgan fingerprint density at radius 2 is 1.93 bits per heavy atom. The molecular formula is C18H22F2N2O5. The molecule has 1 aromatic rings. The van der Waals surface area contributed by atoms with Crippen LogP contribution in [0.25, 0.3) is 0 Å². The molecule has 0 bridgehead atoms. The van der Waals surface area contributed by atoms with Crippen LogP contribution in [0.3, 0.4) is 0 Å². The minimum Gasteiger partial charge on any atom is -0.490 e. The van der Waals surface area contributed by atoms with Crippen LogP contribution in [0.4, 0.5) is 13.6 Å². The normalized spacial score (nSPS) is 17.5. The van der Waals surface area contributed by atoms with Crippen molar-refractivity contribution in [3.8, 4) is 11.5 Å². The predicted molar refractivity (Wildman–Crippen MR) is 92.6 cm³/mol. The van der Waals surface area contributed by atoms with Crippen LogP contribution in [0.1, 0.15) is 25.5 Å². The fraction of sp³-hybridized carbons (Fsp3) is 0.444. The third-order valence-corrected chi connectivity index (χ3v) is 4.35. The van der Waals surface area contributed by atoms with Crippen LogP contribution in [0.5, 0.6) is 11.5 Å². The fourth-order valence-electron chi connectivity index (χ4n) is 2.98. The Labute approximate surface area is 156 Å². The molecule has 1 aliphatic rings. The van der Waals surface area contributed by atoms with Crippen LogP contribution in [-0.4, -0.2) is 56.2 Å². The predicted octanol–water partition coefficient (Wildman–Crippen LogP) is 3.17. The minimum atomic E-state index is -3.00. The summed E-state index contributed by atoms with van der Waals surface area (Å²) in [6.07, 6.45) is 0. The molecule has 27 heavy (non-hydrogen) atoms. The second kappa shape index (κ2) is 8.24. The number of nitrogens with zero attached hydrogens (tertiary/aromatic N) is 2. The smallest absolute Gasteiger partial charge is 0.387 e. The van der Waals surface area contributed by atoms with Crippen molar-refractivity contribution in [3.63, 3.8) is 0 Å². The van der Waals surface area contributed by atoms with Crippen molar-refractivity contribution in [1.29, 1.82) is 0 Å². The lowest BCUT2D eigenvalue weighted by Crippen LogP contribution is -2.47. The van der Waals surface area contributed by atoms with Gasteiger partial charge in [0, 0.05) is 19.8 Å². The van der Waals surface area contributed by atoms with Crippen molar-refractivity contribution in [2.75, 3.05) is 27.8 Å². The van der Waals surface area contributed by atoms with E-state index in [1.165, 1.54) is 35.1 Å². The number of methoxy groups -OCH3 is 1. The van der Waals surface area contributed by atoms with E-state index in [9.17, 15) is 18.4 Å². The molecule has 9 heteroatoms. The number of hydrogen-bond acceptors (Lipinski definition) is 5. The topological polar surface area (TPSA) is 68.3 Å². The summed E-state index contributed by atoms with van der Waals surface area (Å²) in [5, 5.41) is 0. The summed E-state index contributed by atoms with van der Waals surface area (Å²) in [6, 6.07) is 3.23. The average molecular weight is 384 g/mol. The van der Waals surface area contributed by atoms with E-state index < -0.39 is 18.6 Å². The first-order valence-corrected chi connectivity index (χ1v) is 8.24. The van der Waals surface area contributed by atoms with Gasteiger partial charge in [0.2, 0.25) is 0 Å². The number of allylic oxidation sites excluding steroid dienone is 1. The highest BCUT2D eigenvalue weighted by Crippen LogP contribution is 2.39. The summed E-state index contributed by atoms with van der Waals surface area (Å²) in [6.45, 7) is 0.565. The molecule has 1 aliphatic heterocycles. The highest BCUT2D eigenvalue weighted by molar-refractivity contribution is 5.94. The molecule has 0 unspecified atom stereocenters. The van der Waals surface area contributed by atoms with Crippen LogP contribution in [0.15, 0.2) is 29.5 Å². The summed E-state index contributed by atoms with van der Waals surface area (Å²) in [5.41, 5.74) is 1.22. The first-order valence-electron chi connectivity index (χ1n) is 8.24. The summed E-state index contributed by atoms with van der Waals surface area (Å²) < 4.78 is 40.0. The van der Waals surface area contributed by atoms with Gasteiger partial charge in [-0.05, 0) is 31.5 Å². The van der Waals surface area contributed by atoms with E-state index in [4.69, 9.17) is 9.47 Å². The summed E-state index contributed by atoms with van der Waals surface area (Å²) in [5.74, 6) is -0.621. The van der Waals surface area contributed by atoms with E-state index in [1.54, 1.807) is 27.9 Å². The lowest BCUT2D eigenvalue weighted by Gasteiger charge is -2.39. The Morgan fingerprint density at radius 3 is 2.48 bits per heavy atom. The van der Waals surface area contributed by atoms with Gasteiger partial charge >= 0.3 is 18.6 Å². The van der Waals surface area contributed by atoms with Crippen LogP contribution >= 0.6 is 0 Å². The number of alkyl halides is 2. The number of hydrogen-bond donors (Lipinski definition) is 0. The Morgan fingerprint density at radius 1 is 1.26 bits per heavy atom. The third-order valence-electron chi connectivity index (χ3n) is 4.35. The number of amides is 2. The molecule has 0 aliphatic carbocycles. The average Bonchev–Trinajstić information content (AvgIpc) is 2.63. The zero-order valence-electron chi connectivity index (χ0n) is 15.8. The van der Waals surface area contributed by atoms with Gasteiger partial charge in [-0.2, -0.15) is 8.78 Å². The van der Waals surface area contributed by atoms with E-state index in [1.807, 2.05) is 0 Å². The Hall–Kier alpha value is -2.84. The Balaban J connectivity index is 2.60. The number of ether oxygens (including phenoxy) is 3. The van der Waals surface area contributed by atoms with Crippen LogP contribution in [-0.2, 0) is 9.53 Å². The van der Waals surface area contributed by atoms with Gasteiger partial charge in [-0.15, -0.1) is 0 Å². The molecule has 0 saturated carbocycles. The Kier molecular flexibility index (Phi) is 6.24. The highest BCUT2D eigenvalue weighted by Gasteiger charge is 2.39. The molecule has 1 atom stereocenters. The lowest BCUT2D eigenvalue weighted by atomic mass is 9.93. The van der Waals surface area contributed by atoms with E-state index in [-0.39, 0.29) is 29.7 Å². The molecule has 0 fully saturated rings. The molecule has 0 spiro atoms. The van der Waals surface area contributed by atoms with Crippen molar-refractivity contribution in [2.24, 2.45) is 0 Å². The largest absolute Gasteiger partial charge is 0.490 e. The molecule has 2 amide bonds. The second-order valence-corrected chi connectivity index (χ2v) is 5.86. The van der Waals surface area contributed by atoms with Crippen molar-refractivity contribution in [1.82, 2.24) is 9.80 Å². The third kappa shape index (κ3) is 3.96. The summed E-state index contributed by atoms with van der Waals surface area (Å²) in [4.78, 5) is 27.6. The van der Waals surface area contributed by atoms with Gasteiger partial charge in [0.1, 0.15) is 0 Å². The number of halogens is 2. The summed E-state index contributed by atoms with van der Waals surface area (Å²) in [7, 11) is 4.35. The number of carbonyl (C=O) groups is 2. The quantitative estimate of drug-likeness (QED) is 0.705. The molecule has 0 N–H and O–H groups in total. The molecule has 148 valence electrons. The maximum Gasteiger partial charge on any atom is 0.387 e. The van der Waals surface area contributed by atoms with Gasteiger partial charge in [0.15, 0.2) is 11.5 Å². The van der Waals surface area contributed by atoms with Gasteiger partial charge in [-0.3, -0.25) is 0 Å². The minimum absolute atomic E-state index is 0.0944. The van der Waals surface area contributed by atoms with Crippen molar-refractivity contribution in [2.45, 2.75) is 26.5 Å². The standard InChI is InChI=1S/C18H22F2N2O5/c1-6-26-13-9-11(7-8-12(13)27-17(19)20)15-14(16(23)25-5)10(2)21(3)18(24)22(15)4/h7-9,15,17H,6H2,1-5H3/t15-/m1/s1. The molecule has 1 heterocycles. The van der Waals surface area contributed by atoms with Crippen LogP contribution < -0.4 is 9.47 Å².